The number of benzene rings is 1. The molecule has 0 aliphatic carbocycles. The number of anilines is 1. The van der Waals surface area contributed by atoms with Gasteiger partial charge in [0.15, 0.2) is 0 Å². The molecule has 1 heterocycles. The lowest BCUT2D eigenvalue weighted by molar-refractivity contribution is -0.137. The number of carbonyl (C=O) groups excluding carboxylic acids is 1. The van der Waals surface area contributed by atoms with Crippen molar-refractivity contribution in [3.8, 4) is 0 Å². The van der Waals surface area contributed by atoms with Crippen LogP contribution in [0.5, 0.6) is 0 Å². The fraction of sp³-hybridized carbons (Fsp3) is 0.125. The number of nitrogens with one attached hydrogen (secondary N) is 3. The van der Waals surface area contributed by atoms with Crippen LogP contribution in [0.4, 0.5) is 18.9 Å². The second kappa shape index (κ2) is 7.49. The topological polar surface area (TPSA) is 66.0 Å². The quantitative estimate of drug-likeness (QED) is 0.710. The molecule has 1 amide bonds. The third kappa shape index (κ3) is 5.01. The van der Waals surface area contributed by atoms with E-state index < -0.39 is 17.6 Å². The van der Waals surface area contributed by atoms with Crippen molar-refractivity contribution in [2.75, 3.05) is 11.9 Å². The molecule has 0 radical (unpaired) electrons. The number of aromatic nitrogens is 1. The molecule has 0 aliphatic rings. The summed E-state index contributed by atoms with van der Waals surface area (Å²) in [4.78, 5) is 15.6. The summed E-state index contributed by atoms with van der Waals surface area (Å²) in [5.41, 5.74) is 5.57. The zero-order chi connectivity index (χ0) is 17.6. The Morgan fingerprint density at radius 3 is 2.62 bits per heavy atom. The standard InChI is InChI=1S/C16H15F3N4O/c1-11(12-4-3-7-20-9-12)22-23-15(24)10-21-14-6-2-5-13(8-14)16(17,18)19/h2-9,21-22H,1,10H2,(H,23,24). The summed E-state index contributed by atoms with van der Waals surface area (Å²) < 4.78 is 37.8. The van der Waals surface area contributed by atoms with Gasteiger partial charge in [0.1, 0.15) is 0 Å². The summed E-state index contributed by atoms with van der Waals surface area (Å²) in [6.07, 6.45) is -1.25. The van der Waals surface area contributed by atoms with Crippen molar-refractivity contribution < 1.29 is 18.0 Å². The van der Waals surface area contributed by atoms with Crippen molar-refractivity contribution in [3.63, 3.8) is 0 Å². The van der Waals surface area contributed by atoms with Crippen molar-refractivity contribution in [2.24, 2.45) is 0 Å². The van der Waals surface area contributed by atoms with E-state index in [2.05, 4.69) is 27.7 Å². The fourth-order valence-electron chi connectivity index (χ4n) is 1.79. The first-order valence-corrected chi connectivity index (χ1v) is 6.91. The molecule has 3 N–H and O–H groups in total. The Balaban J connectivity index is 1.82. The van der Waals surface area contributed by atoms with Crippen LogP contribution >= 0.6 is 0 Å². The van der Waals surface area contributed by atoms with Crippen LogP contribution in [0.15, 0.2) is 55.4 Å². The molecular formula is C16H15F3N4O. The number of amides is 1. The molecule has 2 rings (SSSR count). The predicted molar refractivity (Wildman–Crippen MR) is 84.5 cm³/mol. The van der Waals surface area contributed by atoms with Crippen LogP contribution in [0.1, 0.15) is 11.1 Å². The number of alkyl halides is 3. The molecule has 126 valence electrons. The highest BCUT2D eigenvalue weighted by Crippen LogP contribution is 2.30. The van der Waals surface area contributed by atoms with Gasteiger partial charge in [0.2, 0.25) is 0 Å². The highest BCUT2D eigenvalue weighted by atomic mass is 19.4. The minimum Gasteiger partial charge on any atom is -0.376 e. The monoisotopic (exact) mass is 336 g/mol. The molecule has 0 unspecified atom stereocenters. The summed E-state index contributed by atoms with van der Waals surface area (Å²) >= 11 is 0. The van der Waals surface area contributed by atoms with Gasteiger partial charge >= 0.3 is 6.18 Å². The first-order chi connectivity index (χ1) is 11.4. The van der Waals surface area contributed by atoms with Crippen molar-refractivity contribution >= 4 is 17.3 Å². The van der Waals surface area contributed by atoms with Crippen LogP contribution in [-0.2, 0) is 11.0 Å². The zero-order valence-electron chi connectivity index (χ0n) is 12.5. The molecule has 0 saturated carbocycles. The van der Waals surface area contributed by atoms with Gasteiger partial charge in [-0.15, -0.1) is 0 Å². The largest absolute Gasteiger partial charge is 0.416 e. The highest BCUT2D eigenvalue weighted by Gasteiger charge is 2.30. The second-order valence-corrected chi connectivity index (χ2v) is 4.83. The molecule has 0 atom stereocenters. The van der Waals surface area contributed by atoms with E-state index in [1.807, 2.05) is 0 Å². The van der Waals surface area contributed by atoms with Crippen molar-refractivity contribution in [2.45, 2.75) is 6.18 Å². The number of nitrogens with zero attached hydrogens (tertiary/aromatic N) is 1. The Labute approximate surface area is 136 Å². The van der Waals surface area contributed by atoms with E-state index in [4.69, 9.17) is 0 Å². The Hall–Kier alpha value is -3.03. The summed E-state index contributed by atoms with van der Waals surface area (Å²) in [6, 6.07) is 8.10. The van der Waals surface area contributed by atoms with E-state index in [1.54, 1.807) is 24.5 Å². The van der Waals surface area contributed by atoms with E-state index in [-0.39, 0.29) is 12.2 Å². The molecule has 0 bridgehead atoms. The number of rotatable bonds is 6. The third-order valence-electron chi connectivity index (χ3n) is 3.01. The molecule has 8 heteroatoms. The molecule has 1 aromatic carbocycles. The number of hydrogen-bond donors (Lipinski definition) is 3. The summed E-state index contributed by atoms with van der Waals surface area (Å²) in [5, 5.41) is 2.63. The molecular weight excluding hydrogens is 321 g/mol. The average Bonchev–Trinajstić information content (AvgIpc) is 2.58. The fourth-order valence-corrected chi connectivity index (χ4v) is 1.79. The number of hydrazine groups is 1. The van der Waals surface area contributed by atoms with Gasteiger partial charge in [-0.25, -0.2) is 0 Å². The number of hydrogen-bond acceptors (Lipinski definition) is 4. The molecule has 24 heavy (non-hydrogen) atoms. The molecule has 0 saturated heterocycles. The molecule has 5 nitrogen and oxygen atoms in total. The van der Waals surface area contributed by atoms with Crippen LogP contribution < -0.4 is 16.2 Å². The van der Waals surface area contributed by atoms with Crippen molar-refractivity contribution in [1.29, 1.82) is 0 Å². The van der Waals surface area contributed by atoms with E-state index in [9.17, 15) is 18.0 Å². The Kier molecular flexibility index (Phi) is 5.41. The number of halogens is 3. The maximum Gasteiger partial charge on any atom is 0.416 e. The summed E-state index contributed by atoms with van der Waals surface area (Å²) in [5.74, 6) is -0.461. The number of pyridine rings is 1. The molecule has 2 aromatic rings. The van der Waals surface area contributed by atoms with Crippen molar-refractivity contribution in [3.05, 3.63) is 66.5 Å². The summed E-state index contributed by atoms with van der Waals surface area (Å²) in [7, 11) is 0. The molecule has 1 aromatic heterocycles. The van der Waals surface area contributed by atoms with Crippen LogP contribution in [0.25, 0.3) is 5.70 Å². The van der Waals surface area contributed by atoms with Crippen LogP contribution in [0.3, 0.4) is 0 Å². The lowest BCUT2D eigenvalue weighted by atomic mass is 10.2. The first-order valence-electron chi connectivity index (χ1n) is 6.91. The lowest BCUT2D eigenvalue weighted by Crippen LogP contribution is -2.39. The van der Waals surface area contributed by atoms with E-state index in [1.165, 1.54) is 12.1 Å². The van der Waals surface area contributed by atoms with Gasteiger partial charge in [0.25, 0.3) is 5.91 Å². The Morgan fingerprint density at radius 2 is 1.96 bits per heavy atom. The Bertz CT molecular complexity index is 717. The first kappa shape index (κ1) is 17.3. The van der Waals surface area contributed by atoms with Gasteiger partial charge in [0, 0.05) is 23.6 Å². The maximum atomic E-state index is 12.6. The van der Waals surface area contributed by atoms with Gasteiger partial charge in [-0.05, 0) is 30.3 Å². The minimum atomic E-state index is -4.43. The average molecular weight is 336 g/mol. The third-order valence-corrected chi connectivity index (χ3v) is 3.01. The number of carbonyl (C=O) groups is 1. The second-order valence-electron chi connectivity index (χ2n) is 4.83. The highest BCUT2D eigenvalue weighted by molar-refractivity contribution is 5.81. The van der Waals surface area contributed by atoms with Crippen LogP contribution in [-0.4, -0.2) is 17.4 Å². The van der Waals surface area contributed by atoms with Gasteiger partial charge in [-0.2, -0.15) is 13.2 Å². The van der Waals surface area contributed by atoms with E-state index >= 15 is 0 Å². The lowest BCUT2D eigenvalue weighted by Gasteiger charge is -2.13. The maximum absolute atomic E-state index is 12.6. The smallest absolute Gasteiger partial charge is 0.376 e. The molecule has 0 fully saturated rings. The van der Waals surface area contributed by atoms with Gasteiger partial charge in [-0.1, -0.05) is 12.6 Å². The van der Waals surface area contributed by atoms with Crippen molar-refractivity contribution in [1.82, 2.24) is 15.8 Å². The van der Waals surface area contributed by atoms with Crippen LogP contribution in [0.2, 0.25) is 0 Å². The van der Waals surface area contributed by atoms with Gasteiger partial charge < -0.3 is 5.32 Å². The van der Waals surface area contributed by atoms with Gasteiger partial charge in [0.05, 0.1) is 17.8 Å². The van der Waals surface area contributed by atoms with E-state index in [0.29, 0.717) is 11.3 Å². The predicted octanol–water partition coefficient (Wildman–Crippen LogP) is 2.80. The Morgan fingerprint density at radius 1 is 1.17 bits per heavy atom. The molecule has 0 aliphatic heterocycles. The van der Waals surface area contributed by atoms with Crippen LogP contribution in [0, 0.1) is 0 Å². The van der Waals surface area contributed by atoms with E-state index in [0.717, 1.165) is 12.1 Å². The summed E-state index contributed by atoms with van der Waals surface area (Å²) in [6.45, 7) is 3.54. The SMILES string of the molecule is C=C(NNC(=O)CNc1cccc(C(F)(F)F)c1)c1cccnc1. The zero-order valence-corrected chi connectivity index (χ0v) is 12.5. The minimum absolute atomic E-state index is 0.200. The molecule has 0 spiro atoms. The normalized spacial score (nSPS) is 10.8. The van der Waals surface area contributed by atoms with Gasteiger partial charge in [-0.3, -0.25) is 20.6 Å².